The highest BCUT2D eigenvalue weighted by atomic mass is 19.1. The van der Waals surface area contributed by atoms with Crippen molar-refractivity contribution in [3.8, 4) is 0 Å². The van der Waals surface area contributed by atoms with Gasteiger partial charge >= 0.3 is 0 Å². The maximum atomic E-state index is 13.1. The van der Waals surface area contributed by atoms with Crippen LogP contribution in [0.2, 0.25) is 0 Å². The molecule has 0 aliphatic carbocycles. The van der Waals surface area contributed by atoms with E-state index >= 15 is 0 Å². The third-order valence-electron chi connectivity index (χ3n) is 4.89. The molecular weight excluding hydrogens is 331 g/mol. The van der Waals surface area contributed by atoms with Gasteiger partial charge < -0.3 is 16.0 Å². The fraction of sp³-hybridized carbons (Fsp3) is 0.350. The average Bonchev–Trinajstić information content (AvgIpc) is 2.69. The van der Waals surface area contributed by atoms with Gasteiger partial charge in [-0.1, -0.05) is 12.1 Å². The molecular formula is C20H25FN4O. The lowest BCUT2D eigenvalue weighted by Crippen LogP contribution is -2.52. The molecule has 2 aromatic rings. The fourth-order valence-electron chi connectivity index (χ4n) is 3.16. The Morgan fingerprint density at radius 3 is 2.27 bits per heavy atom. The zero-order valence-corrected chi connectivity index (χ0v) is 15.0. The Morgan fingerprint density at radius 1 is 1.08 bits per heavy atom. The molecule has 0 aromatic heterocycles. The first kappa shape index (κ1) is 18.4. The largest absolute Gasteiger partial charge is 0.369 e. The number of nitrogens with one attached hydrogen (secondary N) is 1. The Kier molecular flexibility index (Phi) is 5.85. The minimum atomic E-state index is -0.225. The summed E-state index contributed by atoms with van der Waals surface area (Å²) in [5.74, 6) is -0.238. The number of nitrogens with zero attached hydrogens (tertiary/aromatic N) is 2. The number of carbonyl (C=O) groups is 1. The standard InChI is InChI=1S/C20H25FN4O/c1-15(20(26)23-18-6-2-16(14-22)3-7-18)24-10-12-25(13-11-24)19-8-4-17(21)5-9-19/h2-9,15H,10-14,22H2,1H3,(H,23,26). The molecule has 0 radical (unpaired) electrons. The molecule has 1 aliphatic rings. The van der Waals surface area contributed by atoms with Crippen LogP contribution >= 0.6 is 0 Å². The third kappa shape index (κ3) is 4.39. The summed E-state index contributed by atoms with van der Waals surface area (Å²) in [6, 6.07) is 13.9. The Labute approximate surface area is 153 Å². The van der Waals surface area contributed by atoms with Gasteiger partial charge in [-0.15, -0.1) is 0 Å². The van der Waals surface area contributed by atoms with Crippen LogP contribution in [0.15, 0.2) is 48.5 Å². The van der Waals surface area contributed by atoms with Gasteiger partial charge in [0.2, 0.25) is 5.91 Å². The highest BCUT2D eigenvalue weighted by molar-refractivity contribution is 5.94. The van der Waals surface area contributed by atoms with E-state index in [-0.39, 0.29) is 17.8 Å². The van der Waals surface area contributed by atoms with Crippen molar-refractivity contribution in [2.45, 2.75) is 19.5 Å². The molecule has 1 fully saturated rings. The highest BCUT2D eigenvalue weighted by Crippen LogP contribution is 2.18. The van der Waals surface area contributed by atoms with E-state index in [0.717, 1.165) is 43.1 Å². The Morgan fingerprint density at radius 2 is 1.69 bits per heavy atom. The van der Waals surface area contributed by atoms with Crippen molar-refractivity contribution >= 4 is 17.3 Å². The molecule has 1 aliphatic heterocycles. The molecule has 3 N–H and O–H groups in total. The molecule has 0 bridgehead atoms. The number of carbonyl (C=O) groups excluding carboxylic acids is 1. The summed E-state index contributed by atoms with van der Waals surface area (Å²) >= 11 is 0. The summed E-state index contributed by atoms with van der Waals surface area (Å²) in [7, 11) is 0. The van der Waals surface area contributed by atoms with E-state index in [0.29, 0.717) is 6.54 Å². The second-order valence-electron chi connectivity index (χ2n) is 6.57. The number of piperazine rings is 1. The van der Waals surface area contributed by atoms with Crippen LogP contribution in [0, 0.1) is 5.82 Å². The highest BCUT2D eigenvalue weighted by Gasteiger charge is 2.25. The first-order valence-electron chi connectivity index (χ1n) is 8.91. The van der Waals surface area contributed by atoms with Gasteiger partial charge in [0.1, 0.15) is 5.82 Å². The normalized spacial score (nSPS) is 16.3. The lowest BCUT2D eigenvalue weighted by atomic mass is 10.1. The maximum absolute atomic E-state index is 13.1. The quantitative estimate of drug-likeness (QED) is 0.864. The molecule has 138 valence electrons. The van der Waals surface area contributed by atoms with Crippen molar-refractivity contribution in [3.05, 3.63) is 59.9 Å². The fourth-order valence-corrected chi connectivity index (χ4v) is 3.16. The number of hydrogen-bond donors (Lipinski definition) is 2. The summed E-state index contributed by atoms with van der Waals surface area (Å²) in [5.41, 5.74) is 8.42. The Bertz CT molecular complexity index is 724. The van der Waals surface area contributed by atoms with Crippen molar-refractivity contribution in [1.82, 2.24) is 4.90 Å². The van der Waals surface area contributed by atoms with Crippen molar-refractivity contribution < 1.29 is 9.18 Å². The number of nitrogens with two attached hydrogens (primary N) is 1. The molecule has 5 nitrogen and oxygen atoms in total. The second-order valence-corrected chi connectivity index (χ2v) is 6.57. The minimum absolute atomic E-state index is 0.0132. The van der Waals surface area contributed by atoms with Crippen LogP contribution in [0.5, 0.6) is 0 Å². The van der Waals surface area contributed by atoms with E-state index in [9.17, 15) is 9.18 Å². The van der Waals surface area contributed by atoms with Crippen LogP contribution < -0.4 is 16.0 Å². The number of hydrogen-bond acceptors (Lipinski definition) is 4. The lowest BCUT2D eigenvalue weighted by Gasteiger charge is -2.38. The van der Waals surface area contributed by atoms with Crippen LogP contribution in [0.4, 0.5) is 15.8 Å². The molecule has 6 heteroatoms. The summed E-state index contributed by atoms with van der Waals surface area (Å²) in [5, 5.41) is 2.96. The molecule has 1 saturated heterocycles. The summed E-state index contributed by atoms with van der Waals surface area (Å²) in [6.07, 6.45) is 0. The number of amides is 1. The van der Waals surface area contributed by atoms with E-state index in [1.54, 1.807) is 12.1 Å². The smallest absolute Gasteiger partial charge is 0.241 e. The Hall–Kier alpha value is -2.44. The zero-order valence-electron chi connectivity index (χ0n) is 15.0. The maximum Gasteiger partial charge on any atom is 0.241 e. The van der Waals surface area contributed by atoms with Crippen LogP contribution in [0.1, 0.15) is 12.5 Å². The van der Waals surface area contributed by atoms with Crippen molar-refractivity contribution in [2.75, 3.05) is 36.4 Å². The molecule has 1 amide bonds. The van der Waals surface area contributed by atoms with Gasteiger partial charge in [-0.3, -0.25) is 9.69 Å². The lowest BCUT2D eigenvalue weighted by molar-refractivity contribution is -0.120. The van der Waals surface area contributed by atoms with Gasteiger partial charge in [0.05, 0.1) is 6.04 Å². The molecule has 26 heavy (non-hydrogen) atoms. The van der Waals surface area contributed by atoms with Crippen molar-refractivity contribution in [1.29, 1.82) is 0 Å². The summed E-state index contributed by atoms with van der Waals surface area (Å²) in [4.78, 5) is 16.9. The molecule has 0 spiro atoms. The van der Waals surface area contributed by atoms with Gasteiger partial charge in [-0.05, 0) is 48.9 Å². The molecule has 1 unspecified atom stereocenters. The van der Waals surface area contributed by atoms with Crippen molar-refractivity contribution in [3.63, 3.8) is 0 Å². The monoisotopic (exact) mass is 356 g/mol. The van der Waals surface area contributed by atoms with E-state index in [1.807, 2.05) is 31.2 Å². The number of anilines is 2. The average molecular weight is 356 g/mol. The van der Waals surface area contributed by atoms with Crippen LogP contribution in [-0.2, 0) is 11.3 Å². The second kappa shape index (κ2) is 8.29. The summed E-state index contributed by atoms with van der Waals surface area (Å²) in [6.45, 7) is 5.62. The molecule has 1 heterocycles. The molecule has 1 atom stereocenters. The molecule has 3 rings (SSSR count). The van der Waals surface area contributed by atoms with E-state index in [4.69, 9.17) is 5.73 Å². The SMILES string of the molecule is CC(C(=O)Nc1ccc(CN)cc1)N1CCN(c2ccc(F)cc2)CC1. The predicted molar refractivity (Wildman–Crippen MR) is 103 cm³/mol. The van der Waals surface area contributed by atoms with Gasteiger partial charge in [-0.2, -0.15) is 0 Å². The zero-order chi connectivity index (χ0) is 18.5. The van der Waals surface area contributed by atoms with E-state index in [2.05, 4.69) is 15.1 Å². The van der Waals surface area contributed by atoms with E-state index in [1.165, 1.54) is 12.1 Å². The first-order chi connectivity index (χ1) is 12.6. The minimum Gasteiger partial charge on any atom is -0.369 e. The summed E-state index contributed by atoms with van der Waals surface area (Å²) < 4.78 is 13.1. The number of benzene rings is 2. The van der Waals surface area contributed by atoms with Gasteiger partial charge in [-0.25, -0.2) is 4.39 Å². The molecule has 2 aromatic carbocycles. The van der Waals surface area contributed by atoms with E-state index < -0.39 is 0 Å². The first-order valence-corrected chi connectivity index (χ1v) is 8.91. The van der Waals surface area contributed by atoms with Crippen LogP contribution in [-0.4, -0.2) is 43.0 Å². The van der Waals surface area contributed by atoms with Crippen LogP contribution in [0.3, 0.4) is 0 Å². The third-order valence-corrected chi connectivity index (χ3v) is 4.89. The van der Waals surface area contributed by atoms with Crippen LogP contribution in [0.25, 0.3) is 0 Å². The molecule has 0 saturated carbocycles. The Balaban J connectivity index is 1.52. The predicted octanol–water partition coefficient (Wildman–Crippen LogP) is 2.43. The van der Waals surface area contributed by atoms with Crippen molar-refractivity contribution in [2.24, 2.45) is 5.73 Å². The van der Waals surface area contributed by atoms with Gasteiger partial charge in [0.15, 0.2) is 0 Å². The van der Waals surface area contributed by atoms with Gasteiger partial charge in [0, 0.05) is 44.1 Å². The number of halogens is 1. The number of rotatable bonds is 5. The topological polar surface area (TPSA) is 61.6 Å². The van der Waals surface area contributed by atoms with Gasteiger partial charge in [0.25, 0.3) is 0 Å².